The number of rotatable bonds is 5. The average molecular weight is 315 g/mol. The van der Waals surface area contributed by atoms with Gasteiger partial charge in [0.25, 0.3) is 10.0 Å². The molecule has 5 nitrogen and oxygen atoms in total. The number of alkyl halides is 2. The molecule has 0 heterocycles. The molecule has 0 amide bonds. The SMILES string of the molecule is O=S(=O)(Nc1ccccc1OC(F)F)c1cccc(O)c1. The molecule has 2 aromatic carbocycles. The fraction of sp³-hybridized carbons (Fsp3) is 0.0769. The standard InChI is InChI=1S/C13H11F2NO4S/c14-13(15)20-12-7-2-1-6-11(12)16-21(18,19)10-5-3-4-9(17)8-10/h1-8,13,16-17H. The molecule has 0 saturated carbocycles. The number of phenolic OH excluding ortho intramolecular Hbond substituents is 1. The van der Waals surface area contributed by atoms with Crippen LogP contribution < -0.4 is 9.46 Å². The lowest BCUT2D eigenvalue weighted by atomic mass is 10.3. The molecule has 2 rings (SSSR count). The van der Waals surface area contributed by atoms with Crippen molar-refractivity contribution in [3.8, 4) is 11.5 Å². The van der Waals surface area contributed by atoms with Crippen LogP contribution in [0.1, 0.15) is 0 Å². The first-order valence-corrected chi connectivity index (χ1v) is 7.22. The van der Waals surface area contributed by atoms with Gasteiger partial charge in [-0.15, -0.1) is 0 Å². The van der Waals surface area contributed by atoms with Crippen LogP contribution in [0.5, 0.6) is 11.5 Å². The summed E-state index contributed by atoms with van der Waals surface area (Å²) in [6.45, 7) is -3.07. The fourth-order valence-corrected chi connectivity index (χ4v) is 2.71. The van der Waals surface area contributed by atoms with Crippen molar-refractivity contribution in [1.29, 1.82) is 0 Å². The number of anilines is 1. The Kier molecular flexibility index (Phi) is 4.27. The van der Waals surface area contributed by atoms with Crippen LogP contribution in [0, 0.1) is 0 Å². The van der Waals surface area contributed by atoms with Gasteiger partial charge < -0.3 is 9.84 Å². The van der Waals surface area contributed by atoms with Gasteiger partial charge in [0.1, 0.15) is 11.5 Å². The average Bonchev–Trinajstić information content (AvgIpc) is 2.40. The minimum Gasteiger partial charge on any atom is -0.508 e. The molecule has 0 aliphatic rings. The van der Waals surface area contributed by atoms with Crippen molar-refractivity contribution in [2.45, 2.75) is 11.5 Å². The molecule has 112 valence electrons. The van der Waals surface area contributed by atoms with Crippen LogP contribution in [-0.4, -0.2) is 20.1 Å². The van der Waals surface area contributed by atoms with Crippen molar-refractivity contribution in [3.63, 3.8) is 0 Å². The number of nitrogens with one attached hydrogen (secondary N) is 1. The van der Waals surface area contributed by atoms with Gasteiger partial charge in [0, 0.05) is 6.07 Å². The summed E-state index contributed by atoms with van der Waals surface area (Å²) in [6, 6.07) is 10.4. The van der Waals surface area contributed by atoms with Crippen LogP contribution in [0.2, 0.25) is 0 Å². The van der Waals surface area contributed by atoms with E-state index >= 15 is 0 Å². The first-order chi connectivity index (χ1) is 9.88. The van der Waals surface area contributed by atoms with Gasteiger partial charge in [0.2, 0.25) is 0 Å². The lowest BCUT2D eigenvalue weighted by Crippen LogP contribution is -2.14. The summed E-state index contributed by atoms with van der Waals surface area (Å²) >= 11 is 0. The molecule has 0 unspecified atom stereocenters. The van der Waals surface area contributed by atoms with E-state index in [9.17, 15) is 22.3 Å². The van der Waals surface area contributed by atoms with Crippen LogP contribution in [0.25, 0.3) is 0 Å². The van der Waals surface area contributed by atoms with Gasteiger partial charge in [-0.3, -0.25) is 4.72 Å². The van der Waals surface area contributed by atoms with E-state index in [-0.39, 0.29) is 22.1 Å². The van der Waals surface area contributed by atoms with Gasteiger partial charge in [-0.1, -0.05) is 18.2 Å². The molecule has 0 saturated heterocycles. The summed E-state index contributed by atoms with van der Waals surface area (Å²) < 4.78 is 55.2. The smallest absolute Gasteiger partial charge is 0.387 e. The van der Waals surface area contributed by atoms with Crippen molar-refractivity contribution in [1.82, 2.24) is 0 Å². The summed E-state index contributed by atoms with van der Waals surface area (Å²) in [7, 11) is -4.03. The zero-order chi connectivity index (χ0) is 15.5. The van der Waals surface area contributed by atoms with Crippen LogP contribution in [-0.2, 0) is 10.0 Å². The Morgan fingerprint density at radius 1 is 1.10 bits per heavy atom. The molecule has 8 heteroatoms. The highest BCUT2D eigenvalue weighted by atomic mass is 32.2. The molecule has 21 heavy (non-hydrogen) atoms. The van der Waals surface area contributed by atoms with Crippen molar-refractivity contribution in [3.05, 3.63) is 48.5 Å². The maximum atomic E-state index is 12.3. The van der Waals surface area contributed by atoms with Crippen molar-refractivity contribution in [2.24, 2.45) is 0 Å². The molecule has 2 N–H and O–H groups in total. The Labute approximate surface area is 119 Å². The Balaban J connectivity index is 2.33. The second-order valence-corrected chi connectivity index (χ2v) is 5.66. The lowest BCUT2D eigenvalue weighted by Gasteiger charge is -2.13. The number of hydrogen-bond donors (Lipinski definition) is 2. The summed E-state index contributed by atoms with van der Waals surface area (Å²) in [4.78, 5) is -0.200. The number of para-hydroxylation sites is 2. The molecule has 0 atom stereocenters. The molecule has 0 aliphatic heterocycles. The monoisotopic (exact) mass is 315 g/mol. The summed E-state index contributed by atoms with van der Waals surface area (Å²) in [5.41, 5.74) is -0.124. The van der Waals surface area contributed by atoms with Crippen molar-refractivity contribution < 1.29 is 27.0 Å². The van der Waals surface area contributed by atoms with E-state index in [1.165, 1.54) is 42.5 Å². The first kappa shape index (κ1) is 15.0. The minimum absolute atomic E-state index is 0.124. The Bertz CT molecular complexity index is 734. The minimum atomic E-state index is -4.03. The molecule has 0 aliphatic carbocycles. The summed E-state index contributed by atoms with van der Waals surface area (Å²) in [5, 5.41) is 9.30. The predicted molar refractivity (Wildman–Crippen MR) is 72.0 cm³/mol. The Morgan fingerprint density at radius 2 is 1.81 bits per heavy atom. The van der Waals surface area contributed by atoms with E-state index in [0.717, 1.165) is 6.07 Å². The van der Waals surface area contributed by atoms with E-state index < -0.39 is 16.6 Å². The third-order valence-electron chi connectivity index (χ3n) is 2.48. The number of sulfonamides is 1. The first-order valence-electron chi connectivity index (χ1n) is 5.74. The fourth-order valence-electron chi connectivity index (χ4n) is 1.60. The Hall–Kier alpha value is -2.35. The number of halogens is 2. The Morgan fingerprint density at radius 3 is 2.48 bits per heavy atom. The third-order valence-corrected chi connectivity index (χ3v) is 3.84. The van der Waals surface area contributed by atoms with E-state index in [2.05, 4.69) is 9.46 Å². The molecule has 0 fully saturated rings. The lowest BCUT2D eigenvalue weighted by molar-refractivity contribution is -0.0493. The molecular formula is C13H11F2NO4S. The van der Waals surface area contributed by atoms with E-state index in [1.54, 1.807) is 0 Å². The molecule has 0 spiro atoms. The van der Waals surface area contributed by atoms with Gasteiger partial charge in [-0.05, 0) is 24.3 Å². The van der Waals surface area contributed by atoms with Gasteiger partial charge in [-0.2, -0.15) is 8.78 Å². The molecular weight excluding hydrogens is 304 g/mol. The van der Waals surface area contributed by atoms with Crippen LogP contribution >= 0.6 is 0 Å². The molecule has 0 aromatic heterocycles. The molecule has 0 bridgehead atoms. The third kappa shape index (κ3) is 3.82. The predicted octanol–water partition coefficient (Wildman–Crippen LogP) is 2.79. The summed E-state index contributed by atoms with van der Waals surface area (Å²) in [6.07, 6.45) is 0. The number of aromatic hydroxyl groups is 1. The quantitative estimate of drug-likeness (QED) is 0.889. The maximum absolute atomic E-state index is 12.3. The zero-order valence-corrected chi connectivity index (χ0v) is 11.3. The van der Waals surface area contributed by atoms with Gasteiger partial charge >= 0.3 is 6.61 Å². The zero-order valence-electron chi connectivity index (χ0n) is 10.5. The number of hydrogen-bond acceptors (Lipinski definition) is 4. The number of phenols is 1. The van der Waals surface area contributed by atoms with Crippen LogP contribution in [0.4, 0.5) is 14.5 Å². The van der Waals surface area contributed by atoms with Crippen LogP contribution in [0.15, 0.2) is 53.4 Å². The van der Waals surface area contributed by atoms with Crippen molar-refractivity contribution >= 4 is 15.7 Å². The highest BCUT2D eigenvalue weighted by Gasteiger charge is 2.18. The van der Waals surface area contributed by atoms with Gasteiger partial charge in [0.05, 0.1) is 10.6 Å². The van der Waals surface area contributed by atoms with Gasteiger partial charge in [-0.25, -0.2) is 8.42 Å². The maximum Gasteiger partial charge on any atom is 0.387 e. The second kappa shape index (κ2) is 5.96. The highest BCUT2D eigenvalue weighted by Crippen LogP contribution is 2.28. The molecule has 0 radical (unpaired) electrons. The summed E-state index contributed by atoms with van der Waals surface area (Å²) in [5.74, 6) is -0.522. The second-order valence-electron chi connectivity index (χ2n) is 3.98. The van der Waals surface area contributed by atoms with Gasteiger partial charge in [0.15, 0.2) is 0 Å². The highest BCUT2D eigenvalue weighted by molar-refractivity contribution is 7.92. The van der Waals surface area contributed by atoms with E-state index in [0.29, 0.717) is 0 Å². The largest absolute Gasteiger partial charge is 0.508 e. The van der Waals surface area contributed by atoms with Crippen LogP contribution in [0.3, 0.4) is 0 Å². The molecule has 2 aromatic rings. The topological polar surface area (TPSA) is 75.6 Å². The normalized spacial score (nSPS) is 11.4. The van der Waals surface area contributed by atoms with Crippen molar-refractivity contribution in [2.75, 3.05) is 4.72 Å². The van der Waals surface area contributed by atoms with E-state index in [4.69, 9.17) is 0 Å². The number of ether oxygens (including phenoxy) is 1. The van der Waals surface area contributed by atoms with E-state index in [1.807, 2.05) is 0 Å². The number of benzene rings is 2.